The number of carbonyl (C=O) groups is 1. The number of Topliss-reactive ketones (excluding diaryl/α,β-unsaturated/α-hetero) is 1. The molecular weight excluding hydrogens is 252 g/mol. The van der Waals surface area contributed by atoms with Gasteiger partial charge in [-0.25, -0.2) is 0 Å². The lowest BCUT2D eigenvalue weighted by Gasteiger charge is -2.34. The Morgan fingerprint density at radius 3 is 2.42 bits per heavy atom. The van der Waals surface area contributed by atoms with E-state index in [4.69, 9.17) is 4.43 Å². The summed E-state index contributed by atoms with van der Waals surface area (Å²) in [5.41, 5.74) is 1.16. The maximum absolute atomic E-state index is 12.2. The van der Waals surface area contributed by atoms with Crippen LogP contribution >= 0.6 is 0 Å². The van der Waals surface area contributed by atoms with E-state index in [9.17, 15) is 4.79 Å². The molecule has 1 fully saturated rings. The zero-order valence-corrected chi connectivity index (χ0v) is 13.2. The van der Waals surface area contributed by atoms with E-state index in [0.29, 0.717) is 5.78 Å². The zero-order chi connectivity index (χ0) is 13.9. The third kappa shape index (κ3) is 4.01. The molecular formula is C16H24O2Si. The normalized spacial score (nSPS) is 22.3. The molecule has 0 spiro atoms. The van der Waals surface area contributed by atoms with Gasteiger partial charge in [-0.1, -0.05) is 36.8 Å². The highest BCUT2D eigenvalue weighted by Crippen LogP contribution is 2.36. The Labute approximate surface area is 117 Å². The Hall–Kier alpha value is -0.933. The fourth-order valence-corrected chi connectivity index (χ4v) is 3.80. The van der Waals surface area contributed by atoms with Gasteiger partial charge in [-0.05, 0) is 38.0 Å². The predicted molar refractivity (Wildman–Crippen MR) is 80.6 cm³/mol. The highest BCUT2D eigenvalue weighted by Gasteiger charge is 2.34. The SMILES string of the molecule is C[Si](C)(C)OC(c1ccccc1)C1CCCCC1=O. The molecule has 2 unspecified atom stereocenters. The fourth-order valence-electron chi connectivity index (χ4n) is 2.74. The Bertz CT molecular complexity index is 422. The Balaban J connectivity index is 2.26. The van der Waals surface area contributed by atoms with Crippen molar-refractivity contribution in [2.45, 2.75) is 51.4 Å². The van der Waals surface area contributed by atoms with Gasteiger partial charge in [0.15, 0.2) is 8.32 Å². The molecule has 2 nitrogen and oxygen atoms in total. The molecule has 0 bridgehead atoms. The first-order chi connectivity index (χ1) is 8.97. The molecule has 19 heavy (non-hydrogen) atoms. The molecule has 3 heteroatoms. The Morgan fingerprint density at radius 1 is 1.16 bits per heavy atom. The van der Waals surface area contributed by atoms with Crippen molar-refractivity contribution in [3.05, 3.63) is 35.9 Å². The molecule has 2 rings (SSSR count). The van der Waals surface area contributed by atoms with Crippen LogP contribution in [0, 0.1) is 5.92 Å². The van der Waals surface area contributed by atoms with Gasteiger partial charge in [0.05, 0.1) is 6.10 Å². The predicted octanol–water partition coefficient (Wildman–Crippen LogP) is 4.34. The van der Waals surface area contributed by atoms with Crippen molar-refractivity contribution in [3.8, 4) is 0 Å². The Kier molecular flexibility index (Phi) is 4.58. The van der Waals surface area contributed by atoms with Crippen LogP contribution in [0.1, 0.15) is 37.4 Å². The topological polar surface area (TPSA) is 26.3 Å². The molecule has 0 aliphatic heterocycles. The van der Waals surface area contributed by atoms with Gasteiger partial charge in [0.1, 0.15) is 5.78 Å². The highest BCUT2D eigenvalue weighted by molar-refractivity contribution is 6.69. The minimum Gasteiger partial charge on any atom is -0.410 e. The first kappa shape index (κ1) is 14.5. The summed E-state index contributed by atoms with van der Waals surface area (Å²) in [5, 5.41) is 0. The zero-order valence-electron chi connectivity index (χ0n) is 12.2. The lowest BCUT2D eigenvalue weighted by Crippen LogP contribution is -2.35. The lowest BCUT2D eigenvalue weighted by molar-refractivity contribution is -0.128. The molecule has 1 aromatic rings. The average Bonchev–Trinajstić information content (AvgIpc) is 2.37. The monoisotopic (exact) mass is 276 g/mol. The van der Waals surface area contributed by atoms with Gasteiger partial charge in [-0.2, -0.15) is 0 Å². The smallest absolute Gasteiger partial charge is 0.184 e. The van der Waals surface area contributed by atoms with E-state index in [-0.39, 0.29) is 12.0 Å². The average molecular weight is 276 g/mol. The van der Waals surface area contributed by atoms with Crippen LogP contribution in [0.5, 0.6) is 0 Å². The third-order valence-corrected chi connectivity index (χ3v) is 4.54. The van der Waals surface area contributed by atoms with E-state index in [1.54, 1.807) is 0 Å². The second-order valence-corrected chi connectivity index (χ2v) is 10.8. The molecule has 0 N–H and O–H groups in total. The molecule has 1 aliphatic rings. The van der Waals surface area contributed by atoms with Gasteiger partial charge in [-0.15, -0.1) is 0 Å². The van der Waals surface area contributed by atoms with E-state index in [1.807, 2.05) is 18.2 Å². The van der Waals surface area contributed by atoms with Crippen LogP contribution in [0.2, 0.25) is 19.6 Å². The number of hydrogen-bond acceptors (Lipinski definition) is 2. The van der Waals surface area contributed by atoms with Crippen LogP contribution < -0.4 is 0 Å². The largest absolute Gasteiger partial charge is 0.410 e. The van der Waals surface area contributed by atoms with Crippen molar-refractivity contribution in [3.63, 3.8) is 0 Å². The highest BCUT2D eigenvalue weighted by atomic mass is 28.4. The first-order valence-corrected chi connectivity index (χ1v) is 10.6. The molecule has 1 saturated carbocycles. The van der Waals surface area contributed by atoms with Crippen molar-refractivity contribution in [1.82, 2.24) is 0 Å². The summed E-state index contributed by atoms with van der Waals surface area (Å²) in [6.45, 7) is 6.57. The second kappa shape index (κ2) is 6.01. The van der Waals surface area contributed by atoms with E-state index in [2.05, 4.69) is 31.8 Å². The lowest BCUT2D eigenvalue weighted by atomic mass is 9.82. The summed E-state index contributed by atoms with van der Waals surface area (Å²) in [7, 11) is -1.67. The van der Waals surface area contributed by atoms with Crippen molar-refractivity contribution in [2.75, 3.05) is 0 Å². The van der Waals surface area contributed by atoms with E-state index < -0.39 is 8.32 Å². The molecule has 0 saturated heterocycles. The summed E-state index contributed by atoms with van der Waals surface area (Å²) in [5.74, 6) is 0.446. The second-order valence-electron chi connectivity index (χ2n) is 6.38. The maximum Gasteiger partial charge on any atom is 0.184 e. The van der Waals surface area contributed by atoms with Crippen molar-refractivity contribution < 1.29 is 9.22 Å². The molecule has 0 aromatic heterocycles. The summed E-state index contributed by atoms with van der Waals surface area (Å²) in [4.78, 5) is 12.2. The third-order valence-electron chi connectivity index (χ3n) is 3.58. The summed E-state index contributed by atoms with van der Waals surface area (Å²) >= 11 is 0. The minimum absolute atomic E-state index is 0.0410. The number of carbonyl (C=O) groups excluding carboxylic acids is 1. The van der Waals surface area contributed by atoms with Gasteiger partial charge in [-0.3, -0.25) is 4.79 Å². The molecule has 2 atom stereocenters. The molecule has 0 amide bonds. The first-order valence-electron chi connectivity index (χ1n) is 7.23. The number of ketones is 1. The number of rotatable bonds is 4. The van der Waals surface area contributed by atoms with Crippen LogP contribution in [0.15, 0.2) is 30.3 Å². The Morgan fingerprint density at radius 2 is 1.84 bits per heavy atom. The van der Waals surface area contributed by atoms with Crippen LogP contribution in [0.25, 0.3) is 0 Å². The van der Waals surface area contributed by atoms with Crippen LogP contribution in [-0.2, 0) is 9.22 Å². The van der Waals surface area contributed by atoms with Gasteiger partial charge in [0, 0.05) is 12.3 Å². The molecule has 1 aromatic carbocycles. The van der Waals surface area contributed by atoms with Gasteiger partial charge in [0.2, 0.25) is 0 Å². The van der Waals surface area contributed by atoms with Crippen molar-refractivity contribution in [1.29, 1.82) is 0 Å². The summed E-state index contributed by atoms with van der Waals surface area (Å²) in [6, 6.07) is 10.3. The van der Waals surface area contributed by atoms with Gasteiger partial charge in [0.25, 0.3) is 0 Å². The van der Waals surface area contributed by atoms with E-state index in [0.717, 1.165) is 31.2 Å². The quantitative estimate of drug-likeness (QED) is 0.765. The van der Waals surface area contributed by atoms with Crippen LogP contribution in [0.3, 0.4) is 0 Å². The molecule has 0 radical (unpaired) electrons. The fraction of sp³-hybridized carbons (Fsp3) is 0.562. The van der Waals surface area contributed by atoms with Crippen molar-refractivity contribution in [2.24, 2.45) is 5.92 Å². The van der Waals surface area contributed by atoms with Gasteiger partial charge < -0.3 is 4.43 Å². The van der Waals surface area contributed by atoms with Gasteiger partial charge >= 0.3 is 0 Å². The standard InChI is InChI=1S/C16H24O2Si/c1-19(2,3)18-16(13-9-5-4-6-10-13)14-11-7-8-12-15(14)17/h4-6,9-10,14,16H,7-8,11-12H2,1-3H3. The molecule has 0 heterocycles. The molecule has 1 aliphatic carbocycles. The van der Waals surface area contributed by atoms with Crippen molar-refractivity contribution >= 4 is 14.1 Å². The minimum atomic E-state index is -1.67. The van der Waals surface area contributed by atoms with E-state index >= 15 is 0 Å². The number of benzene rings is 1. The number of hydrogen-bond donors (Lipinski definition) is 0. The summed E-state index contributed by atoms with van der Waals surface area (Å²) in [6.07, 6.45) is 3.85. The molecule has 104 valence electrons. The maximum atomic E-state index is 12.2. The van der Waals surface area contributed by atoms with Crippen LogP contribution in [-0.4, -0.2) is 14.1 Å². The van der Waals surface area contributed by atoms with Crippen LogP contribution in [0.4, 0.5) is 0 Å². The van der Waals surface area contributed by atoms with E-state index in [1.165, 1.54) is 0 Å². The summed E-state index contributed by atoms with van der Waals surface area (Å²) < 4.78 is 6.35.